The van der Waals surface area contributed by atoms with Gasteiger partial charge < -0.3 is 11.1 Å². The van der Waals surface area contributed by atoms with Crippen molar-refractivity contribution in [2.24, 2.45) is 5.73 Å². The first kappa shape index (κ1) is 17.5. The third-order valence-electron chi connectivity index (χ3n) is 4.27. The maximum absolute atomic E-state index is 12.6. The predicted molar refractivity (Wildman–Crippen MR) is 99.6 cm³/mol. The summed E-state index contributed by atoms with van der Waals surface area (Å²) in [6.07, 6.45) is 0.341. The molecule has 1 atom stereocenters. The fraction of sp³-hybridized carbons (Fsp3) is 0.200. The van der Waals surface area contributed by atoms with Crippen molar-refractivity contribution in [2.75, 3.05) is 0 Å². The number of hydrogen-bond donors (Lipinski definition) is 2. The maximum Gasteiger partial charge on any atom is 0.252 e. The molecule has 0 aliphatic carbocycles. The summed E-state index contributed by atoms with van der Waals surface area (Å²) < 4.78 is 0. The molecule has 3 rings (SSSR count). The van der Waals surface area contributed by atoms with E-state index >= 15 is 0 Å². The standard InChI is InChI=1S/C20H20N4O2/c1-12-13(2)23-17-11-15(8-9-16(17)22-12)20(26)24-18(19(21)25)10-14-6-4-3-5-7-14/h3-9,11,18H,10H2,1-2H3,(H2,21,25)(H,24,26)/t18-/m1/s1. The van der Waals surface area contributed by atoms with E-state index in [0.717, 1.165) is 22.5 Å². The van der Waals surface area contributed by atoms with E-state index < -0.39 is 11.9 Å². The van der Waals surface area contributed by atoms with E-state index in [1.165, 1.54) is 0 Å². The zero-order chi connectivity index (χ0) is 18.7. The van der Waals surface area contributed by atoms with Crippen LogP contribution < -0.4 is 11.1 Å². The fourth-order valence-corrected chi connectivity index (χ4v) is 2.69. The molecule has 1 aromatic heterocycles. The Hall–Kier alpha value is -3.28. The Morgan fingerprint density at radius 2 is 1.65 bits per heavy atom. The van der Waals surface area contributed by atoms with Crippen LogP contribution >= 0.6 is 0 Å². The molecule has 0 aliphatic rings. The molecule has 1 heterocycles. The number of aromatic nitrogens is 2. The molecule has 0 aliphatic heterocycles. The molecule has 0 fully saturated rings. The molecule has 0 unspecified atom stereocenters. The van der Waals surface area contributed by atoms with Gasteiger partial charge in [0.25, 0.3) is 5.91 Å². The average molecular weight is 348 g/mol. The van der Waals surface area contributed by atoms with Gasteiger partial charge in [-0.05, 0) is 37.6 Å². The van der Waals surface area contributed by atoms with Crippen molar-refractivity contribution in [1.82, 2.24) is 15.3 Å². The number of carbonyl (C=O) groups excluding carboxylic acids is 2. The highest BCUT2D eigenvalue weighted by molar-refractivity contribution is 5.99. The van der Waals surface area contributed by atoms with Gasteiger partial charge in [0, 0.05) is 12.0 Å². The van der Waals surface area contributed by atoms with Gasteiger partial charge in [-0.1, -0.05) is 30.3 Å². The van der Waals surface area contributed by atoms with Crippen molar-refractivity contribution in [3.63, 3.8) is 0 Å². The third kappa shape index (κ3) is 3.85. The topological polar surface area (TPSA) is 98.0 Å². The van der Waals surface area contributed by atoms with Gasteiger partial charge in [-0.25, -0.2) is 9.97 Å². The van der Waals surface area contributed by atoms with Crippen LogP contribution in [0, 0.1) is 13.8 Å². The molecule has 132 valence electrons. The van der Waals surface area contributed by atoms with Gasteiger partial charge in [0.2, 0.25) is 5.91 Å². The summed E-state index contributed by atoms with van der Waals surface area (Å²) in [7, 11) is 0. The van der Waals surface area contributed by atoms with E-state index in [4.69, 9.17) is 5.73 Å². The molecule has 0 spiro atoms. The fourth-order valence-electron chi connectivity index (χ4n) is 2.69. The molecule has 0 saturated carbocycles. The zero-order valence-corrected chi connectivity index (χ0v) is 14.7. The molecule has 0 radical (unpaired) electrons. The van der Waals surface area contributed by atoms with Crippen LogP contribution in [0.2, 0.25) is 0 Å². The molecule has 0 bridgehead atoms. The summed E-state index contributed by atoms with van der Waals surface area (Å²) in [5.41, 5.74) is 9.82. The van der Waals surface area contributed by atoms with Crippen LogP contribution in [0.4, 0.5) is 0 Å². The van der Waals surface area contributed by atoms with Gasteiger partial charge in [-0.3, -0.25) is 9.59 Å². The van der Waals surface area contributed by atoms with E-state index in [9.17, 15) is 9.59 Å². The second-order valence-corrected chi connectivity index (χ2v) is 6.22. The lowest BCUT2D eigenvalue weighted by molar-refractivity contribution is -0.119. The van der Waals surface area contributed by atoms with Gasteiger partial charge in [0.05, 0.1) is 22.4 Å². The first-order chi connectivity index (χ1) is 12.4. The number of rotatable bonds is 5. The highest BCUT2D eigenvalue weighted by Gasteiger charge is 2.20. The third-order valence-corrected chi connectivity index (χ3v) is 4.27. The number of fused-ring (bicyclic) bond motifs is 1. The highest BCUT2D eigenvalue weighted by Crippen LogP contribution is 2.15. The second-order valence-electron chi connectivity index (χ2n) is 6.22. The van der Waals surface area contributed by atoms with Crippen LogP contribution in [-0.4, -0.2) is 27.8 Å². The van der Waals surface area contributed by atoms with E-state index in [-0.39, 0.29) is 5.91 Å². The van der Waals surface area contributed by atoms with Crippen molar-refractivity contribution in [1.29, 1.82) is 0 Å². The van der Waals surface area contributed by atoms with Gasteiger partial charge in [-0.15, -0.1) is 0 Å². The molecule has 6 nitrogen and oxygen atoms in total. The van der Waals surface area contributed by atoms with Crippen molar-refractivity contribution < 1.29 is 9.59 Å². The monoisotopic (exact) mass is 348 g/mol. The Balaban J connectivity index is 1.82. The number of amides is 2. The number of nitrogens with one attached hydrogen (secondary N) is 1. The molecule has 2 aromatic carbocycles. The lowest BCUT2D eigenvalue weighted by Crippen LogP contribution is -2.45. The number of aryl methyl sites for hydroxylation is 2. The summed E-state index contributed by atoms with van der Waals surface area (Å²) in [4.78, 5) is 33.2. The van der Waals surface area contributed by atoms with Crippen molar-refractivity contribution in [2.45, 2.75) is 26.3 Å². The summed E-state index contributed by atoms with van der Waals surface area (Å²) in [5, 5.41) is 2.71. The van der Waals surface area contributed by atoms with Gasteiger partial charge >= 0.3 is 0 Å². The van der Waals surface area contributed by atoms with E-state index in [1.807, 2.05) is 44.2 Å². The lowest BCUT2D eigenvalue weighted by atomic mass is 10.0. The molecule has 3 aromatic rings. The minimum atomic E-state index is -0.786. The van der Waals surface area contributed by atoms with Crippen LogP contribution in [-0.2, 0) is 11.2 Å². The SMILES string of the molecule is Cc1nc2ccc(C(=O)N[C@H](Cc3ccccc3)C(N)=O)cc2nc1C. The van der Waals surface area contributed by atoms with E-state index in [2.05, 4.69) is 15.3 Å². The Morgan fingerprint density at radius 3 is 2.31 bits per heavy atom. The first-order valence-corrected chi connectivity index (χ1v) is 8.33. The normalized spacial score (nSPS) is 11.9. The molecule has 26 heavy (non-hydrogen) atoms. The van der Waals surface area contributed by atoms with Crippen LogP contribution in [0.15, 0.2) is 48.5 Å². The number of benzene rings is 2. The minimum Gasteiger partial charge on any atom is -0.368 e. The van der Waals surface area contributed by atoms with Crippen molar-refractivity contribution in [3.8, 4) is 0 Å². The Kier molecular flexibility index (Phi) is 4.93. The molecular weight excluding hydrogens is 328 g/mol. The molecular formula is C20H20N4O2. The van der Waals surface area contributed by atoms with Gasteiger partial charge in [0.15, 0.2) is 0 Å². The van der Waals surface area contributed by atoms with Gasteiger partial charge in [-0.2, -0.15) is 0 Å². The first-order valence-electron chi connectivity index (χ1n) is 8.33. The van der Waals surface area contributed by atoms with E-state index in [1.54, 1.807) is 18.2 Å². The summed E-state index contributed by atoms with van der Waals surface area (Å²) in [6, 6.07) is 13.7. The van der Waals surface area contributed by atoms with Crippen molar-refractivity contribution in [3.05, 3.63) is 71.0 Å². The Morgan fingerprint density at radius 1 is 1.00 bits per heavy atom. The maximum atomic E-state index is 12.6. The molecule has 6 heteroatoms. The Labute approximate surface area is 151 Å². The van der Waals surface area contributed by atoms with E-state index in [0.29, 0.717) is 17.5 Å². The summed E-state index contributed by atoms with van der Waals surface area (Å²) in [5.74, 6) is -0.944. The number of primary amides is 1. The second kappa shape index (κ2) is 7.31. The molecule has 2 amide bonds. The predicted octanol–water partition coefficient (Wildman–Crippen LogP) is 2.07. The minimum absolute atomic E-state index is 0.341. The van der Waals surface area contributed by atoms with Crippen LogP contribution in [0.25, 0.3) is 11.0 Å². The molecule has 0 saturated heterocycles. The average Bonchev–Trinajstić information content (AvgIpc) is 2.62. The summed E-state index contributed by atoms with van der Waals surface area (Å²) in [6.45, 7) is 3.76. The lowest BCUT2D eigenvalue weighted by Gasteiger charge is -2.16. The largest absolute Gasteiger partial charge is 0.368 e. The van der Waals surface area contributed by atoms with Crippen LogP contribution in [0.5, 0.6) is 0 Å². The Bertz CT molecular complexity index is 970. The highest BCUT2D eigenvalue weighted by atomic mass is 16.2. The number of carbonyl (C=O) groups is 2. The summed E-state index contributed by atoms with van der Waals surface area (Å²) >= 11 is 0. The van der Waals surface area contributed by atoms with Crippen LogP contribution in [0.1, 0.15) is 27.3 Å². The number of hydrogen-bond acceptors (Lipinski definition) is 4. The quantitative estimate of drug-likeness (QED) is 0.737. The van der Waals surface area contributed by atoms with Crippen LogP contribution in [0.3, 0.4) is 0 Å². The number of nitrogens with zero attached hydrogens (tertiary/aromatic N) is 2. The number of nitrogens with two attached hydrogens (primary N) is 1. The van der Waals surface area contributed by atoms with Crippen molar-refractivity contribution >= 4 is 22.8 Å². The zero-order valence-electron chi connectivity index (χ0n) is 14.7. The smallest absolute Gasteiger partial charge is 0.252 e. The molecule has 3 N–H and O–H groups in total. The van der Waals surface area contributed by atoms with Gasteiger partial charge in [0.1, 0.15) is 6.04 Å².